The first-order valence-corrected chi connectivity index (χ1v) is 11.3. The van der Waals surface area contributed by atoms with Crippen molar-refractivity contribution in [1.29, 1.82) is 0 Å². The van der Waals surface area contributed by atoms with Crippen LogP contribution in [-0.4, -0.2) is 41.9 Å². The molecule has 0 radical (unpaired) electrons. The van der Waals surface area contributed by atoms with Gasteiger partial charge in [0.05, 0.1) is 27.0 Å². The normalized spacial score (nSPS) is 15.8. The maximum Gasteiger partial charge on any atom is 0.290 e. The van der Waals surface area contributed by atoms with Gasteiger partial charge in [-0.3, -0.25) is 9.59 Å². The quantitative estimate of drug-likeness (QED) is 0.476. The highest BCUT2D eigenvalue weighted by molar-refractivity contribution is 6.42. The lowest BCUT2D eigenvalue weighted by molar-refractivity contribution is 0.0720. The zero-order chi connectivity index (χ0) is 22.1. The van der Waals surface area contributed by atoms with E-state index < -0.39 is 6.04 Å². The van der Waals surface area contributed by atoms with Crippen molar-refractivity contribution in [2.45, 2.75) is 26.3 Å². The average Bonchev–Trinajstić information content (AvgIpc) is 3.05. The molecule has 0 fully saturated rings. The minimum atomic E-state index is -0.560. The van der Waals surface area contributed by atoms with Crippen LogP contribution < -0.4 is 5.43 Å². The number of carbonyl (C=O) groups is 1. The number of para-hydroxylation sites is 1. The summed E-state index contributed by atoms with van der Waals surface area (Å²) in [6.07, 6.45) is 0.785. The van der Waals surface area contributed by atoms with E-state index in [1.807, 2.05) is 6.07 Å². The van der Waals surface area contributed by atoms with E-state index in [9.17, 15) is 9.59 Å². The van der Waals surface area contributed by atoms with E-state index in [0.29, 0.717) is 33.1 Å². The fraction of sp³-hybridized carbons (Fsp3) is 0.333. The largest absolute Gasteiger partial charge is 0.450 e. The molecule has 1 aliphatic rings. The highest BCUT2D eigenvalue weighted by Gasteiger charge is 2.42. The van der Waals surface area contributed by atoms with Crippen molar-refractivity contribution < 1.29 is 9.21 Å². The molecule has 1 aromatic heterocycles. The smallest absolute Gasteiger partial charge is 0.290 e. The maximum absolute atomic E-state index is 13.4. The number of amides is 1. The zero-order valence-electron chi connectivity index (χ0n) is 17.5. The fourth-order valence-corrected chi connectivity index (χ4v) is 4.54. The van der Waals surface area contributed by atoms with Gasteiger partial charge in [-0.25, -0.2) is 0 Å². The number of rotatable bonds is 7. The first kappa shape index (κ1) is 21.9. The van der Waals surface area contributed by atoms with Crippen molar-refractivity contribution >= 4 is 40.1 Å². The molecular formula is C24H24Cl2N2O3. The number of hydrogen-bond acceptors (Lipinski definition) is 4. The lowest BCUT2D eigenvalue weighted by Gasteiger charge is -2.27. The minimum Gasteiger partial charge on any atom is -0.450 e. The van der Waals surface area contributed by atoms with Gasteiger partial charge in [-0.15, -0.1) is 0 Å². The molecule has 0 saturated heterocycles. The SMILES string of the molecule is CCN(CC)CCCN1C(=O)c2oc3ccccc3c(=O)c2C1c1ccc(Cl)c(Cl)c1. The van der Waals surface area contributed by atoms with Crippen LogP contribution in [0.3, 0.4) is 0 Å². The molecule has 1 unspecified atom stereocenters. The first-order valence-electron chi connectivity index (χ1n) is 10.5. The van der Waals surface area contributed by atoms with Crippen molar-refractivity contribution in [3.8, 4) is 0 Å². The Hall–Kier alpha value is -2.34. The Morgan fingerprint density at radius 1 is 1.03 bits per heavy atom. The van der Waals surface area contributed by atoms with Crippen LogP contribution in [0.4, 0.5) is 0 Å². The monoisotopic (exact) mass is 458 g/mol. The number of fused-ring (bicyclic) bond motifs is 2. The summed E-state index contributed by atoms with van der Waals surface area (Å²) in [5.74, 6) is -0.156. The fourth-order valence-electron chi connectivity index (χ4n) is 4.23. The number of nitrogens with zero attached hydrogens (tertiary/aromatic N) is 2. The third kappa shape index (κ3) is 3.98. The molecule has 0 bridgehead atoms. The van der Waals surface area contributed by atoms with Crippen molar-refractivity contribution in [3.05, 3.63) is 79.6 Å². The number of halogens is 2. The van der Waals surface area contributed by atoms with Crippen molar-refractivity contribution in [2.75, 3.05) is 26.2 Å². The van der Waals surface area contributed by atoms with Crippen LogP contribution >= 0.6 is 23.2 Å². The van der Waals surface area contributed by atoms with E-state index in [1.165, 1.54) is 0 Å². The second-order valence-electron chi connectivity index (χ2n) is 7.63. The van der Waals surface area contributed by atoms with Gasteiger partial charge in [-0.05, 0) is 55.9 Å². The van der Waals surface area contributed by atoms with Crippen LogP contribution in [0.2, 0.25) is 10.0 Å². The molecule has 0 N–H and O–H groups in total. The Balaban J connectivity index is 1.80. The van der Waals surface area contributed by atoms with Crippen LogP contribution in [0.1, 0.15) is 48.0 Å². The summed E-state index contributed by atoms with van der Waals surface area (Å²) in [6, 6.07) is 11.7. The maximum atomic E-state index is 13.4. The topological polar surface area (TPSA) is 53.8 Å². The summed E-state index contributed by atoms with van der Waals surface area (Å²) in [4.78, 5) is 30.8. The van der Waals surface area contributed by atoms with Gasteiger partial charge in [0.25, 0.3) is 5.91 Å². The van der Waals surface area contributed by atoms with Crippen LogP contribution in [-0.2, 0) is 0 Å². The van der Waals surface area contributed by atoms with Gasteiger partial charge in [0.15, 0.2) is 5.43 Å². The second kappa shape index (κ2) is 9.03. The minimum absolute atomic E-state index is 0.114. The van der Waals surface area contributed by atoms with Gasteiger partial charge in [-0.2, -0.15) is 0 Å². The highest BCUT2D eigenvalue weighted by Crippen LogP contribution is 2.39. The summed E-state index contributed by atoms with van der Waals surface area (Å²) in [6.45, 7) is 7.50. The van der Waals surface area contributed by atoms with Gasteiger partial charge in [0.1, 0.15) is 5.58 Å². The molecule has 162 valence electrons. The van der Waals surface area contributed by atoms with Crippen LogP contribution in [0, 0.1) is 0 Å². The summed E-state index contributed by atoms with van der Waals surface area (Å²) < 4.78 is 5.94. The molecule has 1 aliphatic heterocycles. The Labute approximate surface area is 191 Å². The molecule has 31 heavy (non-hydrogen) atoms. The standard InChI is InChI=1S/C24H24Cl2N2O3/c1-3-27(4-2)12-7-13-28-21(15-10-11-17(25)18(26)14-15)20-22(29)16-8-5-6-9-19(16)31-23(20)24(28)30/h5-6,8-11,14,21H,3-4,7,12-13H2,1-2H3. The molecule has 2 heterocycles. The third-order valence-corrected chi connectivity index (χ3v) is 6.64. The zero-order valence-corrected chi connectivity index (χ0v) is 19.0. The summed E-state index contributed by atoms with van der Waals surface area (Å²) in [7, 11) is 0. The lowest BCUT2D eigenvalue weighted by atomic mass is 9.98. The van der Waals surface area contributed by atoms with E-state index >= 15 is 0 Å². The Kier molecular flexibility index (Phi) is 6.37. The van der Waals surface area contributed by atoms with E-state index in [2.05, 4.69) is 18.7 Å². The summed E-state index contributed by atoms with van der Waals surface area (Å²) in [5, 5.41) is 1.27. The van der Waals surface area contributed by atoms with Gasteiger partial charge in [-0.1, -0.05) is 55.2 Å². The second-order valence-corrected chi connectivity index (χ2v) is 8.44. The molecule has 2 aromatic carbocycles. The van der Waals surface area contributed by atoms with Gasteiger partial charge < -0.3 is 14.2 Å². The summed E-state index contributed by atoms with van der Waals surface area (Å²) in [5.41, 5.74) is 1.34. The van der Waals surface area contributed by atoms with Gasteiger partial charge in [0.2, 0.25) is 5.76 Å². The molecule has 7 heteroatoms. The van der Waals surface area contributed by atoms with Crippen molar-refractivity contribution in [3.63, 3.8) is 0 Å². The molecule has 4 rings (SSSR count). The van der Waals surface area contributed by atoms with E-state index in [0.717, 1.165) is 31.6 Å². The van der Waals surface area contributed by atoms with Crippen LogP contribution in [0.15, 0.2) is 51.7 Å². The molecule has 3 aromatic rings. The number of hydrogen-bond donors (Lipinski definition) is 0. The molecule has 0 spiro atoms. The Morgan fingerprint density at radius 3 is 2.48 bits per heavy atom. The Morgan fingerprint density at radius 2 is 1.77 bits per heavy atom. The van der Waals surface area contributed by atoms with Gasteiger partial charge >= 0.3 is 0 Å². The molecule has 5 nitrogen and oxygen atoms in total. The molecule has 0 aliphatic carbocycles. The van der Waals surface area contributed by atoms with Crippen molar-refractivity contribution in [1.82, 2.24) is 9.80 Å². The molecule has 0 saturated carbocycles. The summed E-state index contributed by atoms with van der Waals surface area (Å²) >= 11 is 12.4. The van der Waals surface area contributed by atoms with E-state index in [-0.39, 0.29) is 17.1 Å². The highest BCUT2D eigenvalue weighted by atomic mass is 35.5. The predicted molar refractivity (Wildman–Crippen MR) is 124 cm³/mol. The molecular weight excluding hydrogens is 435 g/mol. The van der Waals surface area contributed by atoms with Crippen molar-refractivity contribution in [2.24, 2.45) is 0 Å². The Bertz CT molecular complexity index is 1190. The number of benzene rings is 2. The predicted octanol–water partition coefficient (Wildman–Crippen LogP) is 5.38. The van der Waals surface area contributed by atoms with E-state index in [1.54, 1.807) is 41.3 Å². The van der Waals surface area contributed by atoms with Crippen LogP contribution in [0.5, 0.6) is 0 Å². The average molecular weight is 459 g/mol. The number of carbonyl (C=O) groups excluding carboxylic acids is 1. The molecule has 1 atom stereocenters. The van der Waals surface area contributed by atoms with Gasteiger partial charge in [0, 0.05) is 6.54 Å². The first-order chi connectivity index (χ1) is 15.0. The lowest BCUT2D eigenvalue weighted by Crippen LogP contribution is -2.33. The molecule has 1 amide bonds. The van der Waals surface area contributed by atoms with E-state index in [4.69, 9.17) is 27.6 Å². The van der Waals surface area contributed by atoms with Crippen LogP contribution in [0.25, 0.3) is 11.0 Å². The third-order valence-electron chi connectivity index (χ3n) is 5.90.